The number of benzene rings is 1. The Bertz CT molecular complexity index is 1070. The first kappa shape index (κ1) is 20.4. The number of fused-ring (bicyclic) bond motifs is 3. The predicted octanol–water partition coefficient (Wildman–Crippen LogP) is 3.71. The number of carbonyl (C=O) groups is 3. The monoisotopic (exact) mass is 410 g/mol. The minimum atomic E-state index is -1.01. The molecule has 1 aromatic carbocycles. The normalized spacial score (nSPS) is 26.3. The largest absolute Gasteiger partial charge is 0.511 e. The first-order valence-corrected chi connectivity index (χ1v) is 10.2. The molecule has 3 aliphatic rings. The molecule has 0 spiro atoms. The van der Waals surface area contributed by atoms with Crippen LogP contribution in [0.15, 0.2) is 29.0 Å². The lowest BCUT2D eigenvalue weighted by Gasteiger charge is -2.41. The number of phenolic OH excluding ortho intramolecular Hbond substituents is 1. The average Bonchev–Trinajstić information content (AvgIpc) is 2.59. The Morgan fingerprint density at radius 3 is 2.33 bits per heavy atom. The fraction of sp³-hybridized carbons (Fsp3) is 0.458. The van der Waals surface area contributed by atoms with Crippen LogP contribution in [-0.4, -0.2) is 32.7 Å². The molecule has 3 unspecified atom stereocenters. The second-order valence-electron chi connectivity index (χ2n) is 9.69. The molecular weight excluding hydrogens is 384 g/mol. The molecule has 0 heterocycles. The summed E-state index contributed by atoms with van der Waals surface area (Å²) >= 11 is 0. The third-order valence-corrected chi connectivity index (χ3v) is 6.67. The fourth-order valence-corrected chi connectivity index (χ4v) is 5.33. The van der Waals surface area contributed by atoms with E-state index in [1.807, 2.05) is 32.9 Å². The van der Waals surface area contributed by atoms with Crippen LogP contribution in [0.5, 0.6) is 5.75 Å². The number of Topliss-reactive ketones (excluding diaryl/α,β-unsaturated/α-hetero) is 3. The standard InChI is InChI=1S/C24H26O6/c1-10(25)16-15(26)9-13-8-12-7-11-5-6-14(24(2,3)4)20(27)17(11)22(29)18(12)23(30)19(13)21(16)28/h5-6,12-13,19,27-29H,7-9H2,1-4H3. The van der Waals surface area contributed by atoms with Crippen molar-refractivity contribution < 1.29 is 29.7 Å². The zero-order valence-electron chi connectivity index (χ0n) is 17.6. The van der Waals surface area contributed by atoms with E-state index < -0.39 is 34.9 Å². The van der Waals surface area contributed by atoms with Gasteiger partial charge in [-0.3, -0.25) is 14.4 Å². The Labute approximate surface area is 174 Å². The third-order valence-electron chi connectivity index (χ3n) is 6.67. The van der Waals surface area contributed by atoms with Crippen molar-refractivity contribution in [3.63, 3.8) is 0 Å². The van der Waals surface area contributed by atoms with E-state index in [9.17, 15) is 29.7 Å². The molecule has 0 amide bonds. The van der Waals surface area contributed by atoms with Gasteiger partial charge in [-0.15, -0.1) is 0 Å². The molecule has 0 aromatic heterocycles. The Balaban J connectivity index is 1.88. The van der Waals surface area contributed by atoms with Gasteiger partial charge in [0.05, 0.1) is 17.1 Å². The number of rotatable bonds is 1. The van der Waals surface area contributed by atoms with Gasteiger partial charge in [0.25, 0.3) is 0 Å². The van der Waals surface area contributed by atoms with Crippen LogP contribution in [-0.2, 0) is 26.2 Å². The molecule has 0 saturated heterocycles. The summed E-state index contributed by atoms with van der Waals surface area (Å²) in [5, 5.41) is 32.6. The molecule has 6 heteroatoms. The zero-order chi connectivity index (χ0) is 22.1. The minimum absolute atomic E-state index is 0.0288. The van der Waals surface area contributed by atoms with Crippen LogP contribution in [0.25, 0.3) is 5.76 Å². The molecule has 6 nitrogen and oxygen atoms in total. The topological polar surface area (TPSA) is 112 Å². The molecule has 4 rings (SSSR count). The average molecular weight is 410 g/mol. The van der Waals surface area contributed by atoms with E-state index in [0.29, 0.717) is 18.4 Å². The summed E-state index contributed by atoms with van der Waals surface area (Å²) in [5.74, 6) is -3.97. The number of hydrogen-bond acceptors (Lipinski definition) is 6. The van der Waals surface area contributed by atoms with Crippen molar-refractivity contribution in [2.75, 3.05) is 0 Å². The van der Waals surface area contributed by atoms with Crippen molar-refractivity contribution >= 4 is 23.1 Å². The predicted molar refractivity (Wildman–Crippen MR) is 110 cm³/mol. The number of aromatic hydroxyl groups is 1. The van der Waals surface area contributed by atoms with Gasteiger partial charge in [-0.2, -0.15) is 0 Å². The maximum absolute atomic E-state index is 13.4. The zero-order valence-corrected chi connectivity index (χ0v) is 17.6. The molecule has 1 fully saturated rings. The lowest BCUT2D eigenvalue weighted by Crippen LogP contribution is -2.43. The van der Waals surface area contributed by atoms with E-state index in [1.165, 1.54) is 6.92 Å². The van der Waals surface area contributed by atoms with Gasteiger partial charge >= 0.3 is 0 Å². The van der Waals surface area contributed by atoms with Crippen molar-refractivity contribution in [1.82, 2.24) is 0 Å². The first-order valence-electron chi connectivity index (χ1n) is 10.2. The molecular formula is C24H26O6. The lowest BCUT2D eigenvalue weighted by molar-refractivity contribution is -0.127. The summed E-state index contributed by atoms with van der Waals surface area (Å²) in [7, 11) is 0. The number of phenols is 1. The minimum Gasteiger partial charge on any atom is -0.511 e. The molecule has 3 N–H and O–H groups in total. The van der Waals surface area contributed by atoms with Crippen LogP contribution in [0, 0.1) is 17.8 Å². The van der Waals surface area contributed by atoms with E-state index in [0.717, 1.165) is 5.56 Å². The Kier molecular flexibility index (Phi) is 4.46. The van der Waals surface area contributed by atoms with Crippen LogP contribution in [0.4, 0.5) is 0 Å². The van der Waals surface area contributed by atoms with Gasteiger partial charge in [0.2, 0.25) is 0 Å². The molecule has 3 aliphatic carbocycles. The van der Waals surface area contributed by atoms with Crippen LogP contribution < -0.4 is 0 Å². The van der Waals surface area contributed by atoms with E-state index in [4.69, 9.17) is 0 Å². The SMILES string of the molecule is CC(=O)C1=C(O)C2C(=O)C3=C(O)c4c(ccc(C(C)(C)C)c4O)CC3CC2CC1=O. The second-order valence-corrected chi connectivity index (χ2v) is 9.69. The Morgan fingerprint density at radius 1 is 1.07 bits per heavy atom. The van der Waals surface area contributed by atoms with Gasteiger partial charge in [0.1, 0.15) is 17.3 Å². The highest BCUT2D eigenvalue weighted by atomic mass is 16.3. The van der Waals surface area contributed by atoms with Crippen molar-refractivity contribution in [2.45, 2.75) is 52.4 Å². The smallest absolute Gasteiger partial charge is 0.173 e. The number of hydrogen-bond donors (Lipinski definition) is 3. The number of carbonyl (C=O) groups excluding carboxylic acids is 3. The molecule has 0 aliphatic heterocycles. The van der Waals surface area contributed by atoms with Gasteiger partial charge in [0.15, 0.2) is 17.3 Å². The molecule has 0 bridgehead atoms. The summed E-state index contributed by atoms with van der Waals surface area (Å²) in [5.41, 5.74) is 1.19. The number of allylic oxidation sites excluding steroid dienone is 3. The van der Waals surface area contributed by atoms with Crippen molar-refractivity contribution in [2.24, 2.45) is 17.8 Å². The summed E-state index contributed by atoms with van der Waals surface area (Å²) in [6.45, 7) is 7.04. The van der Waals surface area contributed by atoms with Crippen LogP contribution >= 0.6 is 0 Å². The highest BCUT2D eigenvalue weighted by Crippen LogP contribution is 2.51. The highest BCUT2D eigenvalue weighted by Gasteiger charge is 2.50. The molecule has 30 heavy (non-hydrogen) atoms. The number of aliphatic hydroxyl groups excluding tert-OH is 2. The van der Waals surface area contributed by atoms with E-state index >= 15 is 0 Å². The van der Waals surface area contributed by atoms with Gasteiger partial charge < -0.3 is 15.3 Å². The maximum Gasteiger partial charge on any atom is 0.173 e. The molecule has 0 radical (unpaired) electrons. The molecule has 3 atom stereocenters. The lowest BCUT2D eigenvalue weighted by atomic mass is 9.61. The fourth-order valence-electron chi connectivity index (χ4n) is 5.33. The highest BCUT2D eigenvalue weighted by molar-refractivity contribution is 6.21. The summed E-state index contributed by atoms with van der Waals surface area (Å²) < 4.78 is 0. The summed E-state index contributed by atoms with van der Waals surface area (Å²) in [6.07, 6.45) is 0.929. The number of ketones is 3. The second kappa shape index (κ2) is 6.56. The van der Waals surface area contributed by atoms with Crippen molar-refractivity contribution in [3.8, 4) is 5.75 Å². The summed E-state index contributed by atoms with van der Waals surface area (Å²) in [4.78, 5) is 37.6. The number of aliphatic hydroxyl groups is 2. The third kappa shape index (κ3) is 2.81. The Morgan fingerprint density at radius 2 is 1.73 bits per heavy atom. The van der Waals surface area contributed by atoms with Gasteiger partial charge in [-0.1, -0.05) is 32.9 Å². The van der Waals surface area contributed by atoms with Gasteiger partial charge in [-0.05, 0) is 42.6 Å². The van der Waals surface area contributed by atoms with E-state index in [-0.39, 0.29) is 46.0 Å². The van der Waals surface area contributed by atoms with Crippen LogP contribution in [0.2, 0.25) is 0 Å². The van der Waals surface area contributed by atoms with Gasteiger partial charge in [-0.25, -0.2) is 0 Å². The molecule has 158 valence electrons. The van der Waals surface area contributed by atoms with E-state index in [1.54, 1.807) is 0 Å². The quantitative estimate of drug-likeness (QED) is 0.609. The Hall–Kier alpha value is -2.89. The van der Waals surface area contributed by atoms with Crippen LogP contribution in [0.3, 0.4) is 0 Å². The molecule has 1 aromatic rings. The van der Waals surface area contributed by atoms with Crippen molar-refractivity contribution in [3.05, 3.63) is 45.7 Å². The van der Waals surface area contributed by atoms with Crippen molar-refractivity contribution in [1.29, 1.82) is 0 Å². The van der Waals surface area contributed by atoms with Crippen LogP contribution in [0.1, 0.15) is 57.2 Å². The summed E-state index contributed by atoms with van der Waals surface area (Å²) in [6, 6.07) is 3.72. The van der Waals surface area contributed by atoms with E-state index in [2.05, 4.69) is 0 Å². The molecule has 1 saturated carbocycles. The van der Waals surface area contributed by atoms with Gasteiger partial charge in [0, 0.05) is 17.6 Å². The first-order chi connectivity index (χ1) is 13.9. The maximum atomic E-state index is 13.4.